The highest BCUT2D eigenvalue weighted by Crippen LogP contribution is 2.36. The zero-order valence-corrected chi connectivity index (χ0v) is 12.3. The lowest BCUT2D eigenvalue weighted by molar-refractivity contribution is 0.237. The molecule has 3 heteroatoms. The molecule has 1 saturated heterocycles. The van der Waals surface area contributed by atoms with Gasteiger partial charge in [-0.05, 0) is 64.0 Å². The van der Waals surface area contributed by atoms with Crippen molar-refractivity contribution in [1.29, 1.82) is 5.26 Å². The van der Waals surface area contributed by atoms with E-state index in [-0.39, 0.29) is 0 Å². The van der Waals surface area contributed by atoms with Crippen LogP contribution in [-0.4, -0.2) is 30.1 Å². The average molecular weight is 251 g/mol. The van der Waals surface area contributed by atoms with Gasteiger partial charge in [-0.15, -0.1) is 0 Å². The van der Waals surface area contributed by atoms with Crippen LogP contribution in [0.25, 0.3) is 0 Å². The van der Waals surface area contributed by atoms with Crippen molar-refractivity contribution >= 4 is 0 Å². The number of hydrogen-bond donors (Lipinski definition) is 1. The molecule has 1 rings (SSSR count). The highest BCUT2D eigenvalue weighted by Gasteiger charge is 2.34. The van der Waals surface area contributed by atoms with E-state index >= 15 is 0 Å². The number of nitriles is 1. The topological polar surface area (TPSA) is 53.0 Å². The minimum atomic E-state index is -0.637. The number of hydrogen-bond acceptors (Lipinski definition) is 3. The van der Waals surface area contributed by atoms with E-state index in [1.165, 1.54) is 38.9 Å². The van der Waals surface area contributed by atoms with E-state index in [9.17, 15) is 0 Å². The summed E-state index contributed by atoms with van der Waals surface area (Å²) in [6.07, 6.45) is 6.99. The fourth-order valence-corrected chi connectivity index (χ4v) is 2.93. The standard InChI is InChI=1S/C15H29N3/c1-4-15(5-2)9-11-18(13-15)10-7-6-8-14(3,17)12-16/h4-11,13,17H2,1-3H3. The second-order valence-electron chi connectivity index (χ2n) is 6.22. The number of nitrogens with zero attached hydrogens (tertiary/aromatic N) is 2. The lowest BCUT2D eigenvalue weighted by Gasteiger charge is -2.26. The van der Waals surface area contributed by atoms with Crippen molar-refractivity contribution in [2.75, 3.05) is 19.6 Å². The van der Waals surface area contributed by atoms with Gasteiger partial charge in [0.05, 0.1) is 6.07 Å². The molecule has 1 aliphatic heterocycles. The Morgan fingerprint density at radius 2 is 2.00 bits per heavy atom. The highest BCUT2D eigenvalue weighted by molar-refractivity contribution is 5.00. The molecule has 3 nitrogen and oxygen atoms in total. The van der Waals surface area contributed by atoms with E-state index in [1.54, 1.807) is 0 Å². The fraction of sp³-hybridized carbons (Fsp3) is 0.933. The molecule has 1 atom stereocenters. The third kappa shape index (κ3) is 4.26. The molecule has 0 radical (unpaired) electrons. The molecule has 18 heavy (non-hydrogen) atoms. The number of unbranched alkanes of at least 4 members (excludes halogenated alkanes) is 1. The zero-order chi connectivity index (χ0) is 13.6. The molecular weight excluding hydrogens is 222 g/mol. The first-order valence-electron chi connectivity index (χ1n) is 7.39. The van der Waals surface area contributed by atoms with Crippen molar-refractivity contribution < 1.29 is 0 Å². The summed E-state index contributed by atoms with van der Waals surface area (Å²) in [6, 6.07) is 2.17. The quantitative estimate of drug-likeness (QED) is 0.708. The Morgan fingerprint density at radius 1 is 1.33 bits per heavy atom. The molecule has 1 fully saturated rings. The highest BCUT2D eigenvalue weighted by atomic mass is 15.2. The van der Waals surface area contributed by atoms with E-state index in [4.69, 9.17) is 11.0 Å². The average Bonchev–Trinajstić information content (AvgIpc) is 2.79. The molecule has 0 bridgehead atoms. The summed E-state index contributed by atoms with van der Waals surface area (Å²) in [5.41, 5.74) is 5.76. The third-order valence-corrected chi connectivity index (χ3v) is 4.69. The predicted octanol–water partition coefficient (Wildman–Crippen LogP) is 2.91. The summed E-state index contributed by atoms with van der Waals surface area (Å²) in [4.78, 5) is 2.59. The third-order valence-electron chi connectivity index (χ3n) is 4.69. The van der Waals surface area contributed by atoms with Gasteiger partial charge in [0.1, 0.15) is 5.54 Å². The van der Waals surface area contributed by atoms with Crippen LogP contribution in [0.4, 0.5) is 0 Å². The normalized spacial score (nSPS) is 22.6. The molecule has 0 aromatic rings. The van der Waals surface area contributed by atoms with Crippen molar-refractivity contribution in [2.24, 2.45) is 11.1 Å². The monoisotopic (exact) mass is 251 g/mol. The van der Waals surface area contributed by atoms with Gasteiger partial charge in [0.2, 0.25) is 0 Å². The lowest BCUT2D eigenvalue weighted by Crippen LogP contribution is -2.34. The molecule has 0 aromatic heterocycles. The lowest BCUT2D eigenvalue weighted by atomic mass is 9.82. The summed E-state index contributed by atoms with van der Waals surface area (Å²) in [5.74, 6) is 0. The van der Waals surface area contributed by atoms with Crippen LogP contribution in [0.15, 0.2) is 0 Å². The molecule has 0 aromatic carbocycles. The fourth-order valence-electron chi connectivity index (χ4n) is 2.93. The van der Waals surface area contributed by atoms with Crippen LogP contribution in [0, 0.1) is 16.7 Å². The molecule has 104 valence electrons. The Hall–Kier alpha value is -0.590. The van der Waals surface area contributed by atoms with Gasteiger partial charge in [-0.1, -0.05) is 13.8 Å². The van der Waals surface area contributed by atoms with Gasteiger partial charge in [0, 0.05) is 6.54 Å². The van der Waals surface area contributed by atoms with Crippen LogP contribution in [-0.2, 0) is 0 Å². The Bertz CT molecular complexity index is 287. The number of likely N-dealkylation sites (tertiary alicyclic amines) is 1. The van der Waals surface area contributed by atoms with Gasteiger partial charge < -0.3 is 10.6 Å². The van der Waals surface area contributed by atoms with Crippen molar-refractivity contribution in [3.63, 3.8) is 0 Å². The largest absolute Gasteiger partial charge is 0.314 e. The Labute approximate surface area is 112 Å². The van der Waals surface area contributed by atoms with E-state index < -0.39 is 5.54 Å². The summed E-state index contributed by atoms with van der Waals surface area (Å²) in [7, 11) is 0. The number of rotatable bonds is 7. The summed E-state index contributed by atoms with van der Waals surface area (Å²) in [6.45, 7) is 10.1. The zero-order valence-electron chi connectivity index (χ0n) is 12.3. The molecule has 1 heterocycles. The van der Waals surface area contributed by atoms with Crippen LogP contribution in [0.5, 0.6) is 0 Å². The van der Waals surface area contributed by atoms with Crippen LogP contribution in [0.2, 0.25) is 0 Å². The van der Waals surface area contributed by atoms with Gasteiger partial charge in [0.15, 0.2) is 0 Å². The van der Waals surface area contributed by atoms with E-state index in [0.717, 1.165) is 19.3 Å². The van der Waals surface area contributed by atoms with Gasteiger partial charge in [0.25, 0.3) is 0 Å². The molecule has 0 spiro atoms. The molecular formula is C15H29N3. The van der Waals surface area contributed by atoms with Crippen molar-refractivity contribution in [3.05, 3.63) is 0 Å². The SMILES string of the molecule is CCC1(CC)CCN(CCCCC(C)(N)C#N)C1. The van der Waals surface area contributed by atoms with Crippen LogP contribution < -0.4 is 5.73 Å². The van der Waals surface area contributed by atoms with Crippen LogP contribution >= 0.6 is 0 Å². The van der Waals surface area contributed by atoms with Gasteiger partial charge in [-0.25, -0.2) is 0 Å². The van der Waals surface area contributed by atoms with Gasteiger partial charge >= 0.3 is 0 Å². The first-order valence-corrected chi connectivity index (χ1v) is 7.39. The maximum atomic E-state index is 8.85. The maximum Gasteiger partial charge on any atom is 0.101 e. The van der Waals surface area contributed by atoms with E-state index in [0.29, 0.717) is 5.41 Å². The summed E-state index contributed by atoms with van der Waals surface area (Å²) in [5, 5.41) is 8.85. The first kappa shape index (κ1) is 15.5. The second kappa shape index (κ2) is 6.54. The summed E-state index contributed by atoms with van der Waals surface area (Å²) >= 11 is 0. The smallest absolute Gasteiger partial charge is 0.101 e. The molecule has 1 aliphatic rings. The Morgan fingerprint density at radius 3 is 2.50 bits per heavy atom. The Kier molecular flexibility index (Phi) is 5.62. The Balaban J connectivity index is 2.21. The minimum absolute atomic E-state index is 0.578. The number of nitrogens with two attached hydrogens (primary N) is 1. The first-order chi connectivity index (χ1) is 8.47. The summed E-state index contributed by atoms with van der Waals surface area (Å²) < 4.78 is 0. The molecule has 2 N–H and O–H groups in total. The molecule has 0 aliphatic carbocycles. The van der Waals surface area contributed by atoms with Crippen LogP contribution in [0.1, 0.15) is 59.3 Å². The van der Waals surface area contributed by atoms with E-state index in [2.05, 4.69) is 24.8 Å². The van der Waals surface area contributed by atoms with E-state index in [1.807, 2.05) is 6.92 Å². The van der Waals surface area contributed by atoms with Crippen molar-refractivity contribution in [2.45, 2.75) is 64.8 Å². The molecule has 0 amide bonds. The predicted molar refractivity (Wildman–Crippen MR) is 76.1 cm³/mol. The van der Waals surface area contributed by atoms with Crippen molar-refractivity contribution in [3.8, 4) is 6.07 Å². The minimum Gasteiger partial charge on any atom is -0.314 e. The van der Waals surface area contributed by atoms with Gasteiger partial charge in [-0.3, -0.25) is 0 Å². The van der Waals surface area contributed by atoms with Gasteiger partial charge in [-0.2, -0.15) is 5.26 Å². The van der Waals surface area contributed by atoms with Crippen molar-refractivity contribution in [1.82, 2.24) is 4.90 Å². The van der Waals surface area contributed by atoms with Crippen LogP contribution in [0.3, 0.4) is 0 Å². The second-order valence-corrected chi connectivity index (χ2v) is 6.22. The molecule has 0 saturated carbocycles. The molecule has 1 unspecified atom stereocenters. The maximum absolute atomic E-state index is 8.85.